The molecule has 1 aliphatic heterocycles. The van der Waals surface area contributed by atoms with Crippen LogP contribution in [0.3, 0.4) is 0 Å². The average molecular weight is 663 g/mol. The number of hydrogen-bond acceptors (Lipinski definition) is 8. The van der Waals surface area contributed by atoms with Crippen LogP contribution in [0.1, 0.15) is 75.3 Å². The van der Waals surface area contributed by atoms with Crippen molar-refractivity contribution in [3.8, 4) is 11.1 Å². The number of amides is 3. The van der Waals surface area contributed by atoms with Crippen molar-refractivity contribution in [2.45, 2.75) is 81.4 Å². The number of carbonyl (C=O) groups is 4. The Morgan fingerprint density at radius 2 is 1.60 bits per heavy atom. The van der Waals surface area contributed by atoms with E-state index >= 15 is 0 Å². The first kappa shape index (κ1) is 35.4. The number of nitrogens with zero attached hydrogens (tertiary/aromatic N) is 1. The fourth-order valence-corrected chi connectivity index (χ4v) is 6.34. The summed E-state index contributed by atoms with van der Waals surface area (Å²) in [6.45, 7) is 6.00. The van der Waals surface area contributed by atoms with E-state index in [0.29, 0.717) is 17.5 Å². The van der Waals surface area contributed by atoms with E-state index in [0.717, 1.165) is 24.7 Å². The SMILES string of the molecule is CCCCCC(=O)C(c1ccccc1-c1ccccc1)[C@]1(NC(=O)[C@@H](NC(=O)c2ccccn2)C(C)(C)S(C)(=O)=O)O[C@]1(C)C(N)=O. The summed E-state index contributed by atoms with van der Waals surface area (Å²) in [6, 6.07) is 19.3. The van der Waals surface area contributed by atoms with Gasteiger partial charge in [0.05, 0.1) is 10.7 Å². The summed E-state index contributed by atoms with van der Waals surface area (Å²) >= 11 is 0. The number of primary amides is 1. The highest BCUT2D eigenvalue weighted by molar-refractivity contribution is 7.92. The Balaban J connectivity index is 1.87. The van der Waals surface area contributed by atoms with Crippen LogP contribution in [0.4, 0.5) is 0 Å². The van der Waals surface area contributed by atoms with E-state index in [1.807, 2.05) is 49.4 Å². The Hall–Kier alpha value is -4.42. The first-order valence-corrected chi connectivity index (χ1v) is 17.4. The highest BCUT2D eigenvalue weighted by atomic mass is 32.2. The number of hydrogen-bond donors (Lipinski definition) is 3. The van der Waals surface area contributed by atoms with Gasteiger partial charge < -0.3 is 21.1 Å². The van der Waals surface area contributed by atoms with Crippen LogP contribution in [0.25, 0.3) is 11.1 Å². The summed E-state index contributed by atoms with van der Waals surface area (Å²) in [4.78, 5) is 59.0. The van der Waals surface area contributed by atoms with Crippen LogP contribution in [0.5, 0.6) is 0 Å². The van der Waals surface area contributed by atoms with Gasteiger partial charge >= 0.3 is 0 Å². The van der Waals surface area contributed by atoms with Gasteiger partial charge in [-0.3, -0.25) is 24.2 Å². The first-order valence-electron chi connectivity index (χ1n) is 15.5. The van der Waals surface area contributed by atoms with Crippen LogP contribution in [0.2, 0.25) is 0 Å². The Morgan fingerprint density at radius 1 is 0.957 bits per heavy atom. The maximum atomic E-state index is 14.4. The van der Waals surface area contributed by atoms with Gasteiger partial charge in [-0.25, -0.2) is 8.42 Å². The molecule has 1 saturated heterocycles. The molecule has 1 aromatic heterocycles. The molecule has 2 aromatic carbocycles. The van der Waals surface area contributed by atoms with E-state index in [1.54, 1.807) is 24.3 Å². The highest BCUT2D eigenvalue weighted by Crippen LogP contribution is 2.56. The molecule has 250 valence electrons. The molecule has 11 nitrogen and oxygen atoms in total. The number of aromatic nitrogens is 1. The van der Waals surface area contributed by atoms with Gasteiger partial charge in [-0.15, -0.1) is 0 Å². The van der Waals surface area contributed by atoms with Gasteiger partial charge in [0, 0.05) is 18.9 Å². The molecule has 47 heavy (non-hydrogen) atoms. The lowest BCUT2D eigenvalue weighted by atomic mass is 9.77. The van der Waals surface area contributed by atoms with Crippen molar-refractivity contribution in [2.75, 3.05) is 6.26 Å². The van der Waals surface area contributed by atoms with Crippen LogP contribution in [0.15, 0.2) is 79.0 Å². The predicted molar refractivity (Wildman–Crippen MR) is 178 cm³/mol. The molecule has 0 saturated carbocycles. The molecule has 0 radical (unpaired) electrons. The van der Waals surface area contributed by atoms with Gasteiger partial charge in [0.25, 0.3) is 11.8 Å². The van der Waals surface area contributed by atoms with Crippen LogP contribution >= 0.6 is 0 Å². The number of nitrogens with two attached hydrogens (primary N) is 1. The number of unbranched alkanes of at least 4 members (excludes halogenated alkanes) is 2. The molecule has 12 heteroatoms. The lowest BCUT2D eigenvalue weighted by Crippen LogP contribution is -2.64. The van der Waals surface area contributed by atoms with Crippen LogP contribution in [-0.2, 0) is 29.0 Å². The quantitative estimate of drug-likeness (QED) is 0.163. The molecule has 1 fully saturated rings. The minimum atomic E-state index is -4.00. The summed E-state index contributed by atoms with van der Waals surface area (Å²) < 4.78 is 30.3. The molecule has 0 bridgehead atoms. The zero-order chi connectivity index (χ0) is 34.6. The monoisotopic (exact) mass is 662 g/mol. The van der Waals surface area contributed by atoms with E-state index in [2.05, 4.69) is 15.6 Å². The topological polar surface area (TPSA) is 178 Å². The fourth-order valence-electron chi connectivity index (χ4n) is 5.75. The molecule has 1 aliphatic rings. The molecule has 4 N–H and O–H groups in total. The van der Waals surface area contributed by atoms with Crippen molar-refractivity contribution in [3.63, 3.8) is 0 Å². The number of nitrogens with one attached hydrogen (secondary N) is 2. The van der Waals surface area contributed by atoms with E-state index in [4.69, 9.17) is 10.5 Å². The molecular weight excluding hydrogens is 620 g/mol. The number of sulfone groups is 1. The van der Waals surface area contributed by atoms with Crippen molar-refractivity contribution < 1.29 is 32.3 Å². The van der Waals surface area contributed by atoms with E-state index in [1.165, 1.54) is 33.0 Å². The van der Waals surface area contributed by atoms with Crippen molar-refractivity contribution in [1.82, 2.24) is 15.6 Å². The number of ketones is 1. The van der Waals surface area contributed by atoms with E-state index in [-0.39, 0.29) is 17.9 Å². The number of rotatable bonds is 15. The Morgan fingerprint density at radius 3 is 2.17 bits per heavy atom. The molecular formula is C35H42N4O7S. The van der Waals surface area contributed by atoms with Gasteiger partial charge in [-0.05, 0) is 56.0 Å². The number of pyridine rings is 1. The maximum absolute atomic E-state index is 14.4. The zero-order valence-corrected chi connectivity index (χ0v) is 28.1. The summed E-state index contributed by atoms with van der Waals surface area (Å²) in [5, 5.41) is 5.27. The van der Waals surface area contributed by atoms with Crippen LogP contribution in [-0.4, -0.2) is 65.3 Å². The number of carbonyl (C=O) groups excluding carboxylic acids is 4. The van der Waals surface area contributed by atoms with E-state index < -0.39 is 55.6 Å². The summed E-state index contributed by atoms with van der Waals surface area (Å²) in [6.07, 6.45) is 4.64. The molecule has 1 unspecified atom stereocenters. The normalized spacial score (nSPS) is 20.4. The highest BCUT2D eigenvalue weighted by Gasteiger charge is 2.77. The van der Waals surface area contributed by atoms with Crippen molar-refractivity contribution in [1.29, 1.82) is 0 Å². The van der Waals surface area contributed by atoms with Gasteiger partial charge in [-0.1, -0.05) is 80.4 Å². The molecule has 3 amide bonds. The van der Waals surface area contributed by atoms with Gasteiger partial charge in [0.15, 0.2) is 21.2 Å². The van der Waals surface area contributed by atoms with Crippen molar-refractivity contribution >= 4 is 33.3 Å². The second-order valence-electron chi connectivity index (χ2n) is 12.5. The number of ether oxygens (including phenoxy) is 1. The molecule has 4 rings (SSSR count). The third-order valence-corrected chi connectivity index (χ3v) is 11.2. The lowest BCUT2D eigenvalue weighted by Gasteiger charge is -2.35. The third kappa shape index (κ3) is 6.98. The van der Waals surface area contributed by atoms with Gasteiger partial charge in [-0.2, -0.15) is 0 Å². The minimum Gasteiger partial charge on any atom is -0.367 e. The largest absolute Gasteiger partial charge is 0.367 e. The lowest BCUT2D eigenvalue weighted by molar-refractivity contribution is -0.128. The Bertz CT molecular complexity index is 1750. The molecule has 0 spiro atoms. The fraction of sp³-hybridized carbons (Fsp3) is 0.400. The van der Waals surface area contributed by atoms with Gasteiger partial charge in [0.1, 0.15) is 17.5 Å². The minimum absolute atomic E-state index is 0.0465. The number of epoxide rings is 1. The molecule has 3 aromatic rings. The summed E-state index contributed by atoms with van der Waals surface area (Å²) in [5.41, 5.74) is 3.90. The molecule has 4 atom stereocenters. The van der Waals surface area contributed by atoms with Gasteiger partial charge in [0.2, 0.25) is 5.91 Å². The summed E-state index contributed by atoms with van der Waals surface area (Å²) in [7, 11) is -4.00. The molecule has 2 heterocycles. The Labute approximate surface area is 275 Å². The van der Waals surface area contributed by atoms with Crippen molar-refractivity contribution in [3.05, 3.63) is 90.3 Å². The second-order valence-corrected chi connectivity index (χ2v) is 15.1. The zero-order valence-electron chi connectivity index (χ0n) is 27.3. The maximum Gasteiger partial charge on any atom is 0.270 e. The van der Waals surface area contributed by atoms with Crippen LogP contribution < -0.4 is 16.4 Å². The number of benzene rings is 2. The Kier molecular flexibility index (Phi) is 10.4. The van der Waals surface area contributed by atoms with Crippen LogP contribution in [0, 0.1) is 0 Å². The third-order valence-electron chi connectivity index (χ3n) is 9.01. The van der Waals surface area contributed by atoms with Crippen molar-refractivity contribution in [2.24, 2.45) is 5.73 Å². The standard InChI is InChI=1S/C35H42N4O7S/c1-6-7-9-21-27(40)28(25-19-13-12-18-24(25)23-16-10-8-11-17-23)35(34(4,46-35)32(36)43)39-31(42)29(33(2,3)47(5,44)45)38-30(41)26-20-14-15-22-37-26/h8,10-20,22,28-29H,6-7,9,21H2,1-5H3,(H2,36,43)(H,38,41)(H,39,42)/t28?,29-,34-,35+/m1/s1. The average Bonchev–Trinajstić information content (AvgIpc) is 3.64. The van der Waals surface area contributed by atoms with E-state index in [9.17, 15) is 27.6 Å². The predicted octanol–water partition coefficient (Wildman–Crippen LogP) is 3.69. The number of Topliss-reactive ketones (excluding diaryl/α,β-unsaturated/α-hetero) is 1. The summed E-state index contributed by atoms with van der Waals surface area (Å²) in [5.74, 6) is -4.25. The first-order chi connectivity index (χ1) is 22.1. The second kappa shape index (κ2) is 13.7. The smallest absolute Gasteiger partial charge is 0.270 e. The molecule has 0 aliphatic carbocycles.